The minimum atomic E-state index is -0.587. The molecule has 8 nitrogen and oxygen atoms in total. The standard InChI is InChI=1S/C17H20N4O4/c1-12-5-9-24-15(12)17(23)19-10-13-4-6-18-21(13)14(11-19)16(22)20-7-2-3-8-25-20/h4-6,9,14H,2-3,7-8,10-11H2,1H3/t14-/m1/s1. The second-order valence-electron chi connectivity index (χ2n) is 6.38. The molecular formula is C17H20N4O4. The molecule has 1 atom stereocenters. The molecule has 1 fully saturated rings. The lowest BCUT2D eigenvalue weighted by molar-refractivity contribution is -0.201. The molecule has 4 rings (SSSR count). The van der Waals surface area contributed by atoms with E-state index < -0.39 is 6.04 Å². The van der Waals surface area contributed by atoms with Crippen LogP contribution in [0.5, 0.6) is 0 Å². The van der Waals surface area contributed by atoms with Crippen LogP contribution in [0.3, 0.4) is 0 Å². The highest BCUT2D eigenvalue weighted by molar-refractivity contribution is 5.93. The van der Waals surface area contributed by atoms with Crippen LogP contribution < -0.4 is 0 Å². The van der Waals surface area contributed by atoms with Gasteiger partial charge in [-0.1, -0.05) is 0 Å². The fourth-order valence-corrected chi connectivity index (χ4v) is 3.30. The zero-order valence-corrected chi connectivity index (χ0v) is 14.1. The number of nitrogens with zero attached hydrogens (tertiary/aromatic N) is 4. The molecule has 132 valence electrons. The van der Waals surface area contributed by atoms with E-state index >= 15 is 0 Å². The van der Waals surface area contributed by atoms with Gasteiger partial charge < -0.3 is 9.32 Å². The fourth-order valence-electron chi connectivity index (χ4n) is 3.30. The van der Waals surface area contributed by atoms with Gasteiger partial charge in [-0.05, 0) is 31.9 Å². The Bertz CT molecular complexity index is 790. The Morgan fingerprint density at radius 1 is 1.28 bits per heavy atom. The van der Waals surface area contributed by atoms with E-state index in [-0.39, 0.29) is 18.4 Å². The van der Waals surface area contributed by atoms with Gasteiger partial charge >= 0.3 is 0 Å². The summed E-state index contributed by atoms with van der Waals surface area (Å²) < 4.78 is 7.02. The first-order valence-electron chi connectivity index (χ1n) is 8.45. The summed E-state index contributed by atoms with van der Waals surface area (Å²) in [6, 6.07) is 2.99. The highest BCUT2D eigenvalue weighted by atomic mass is 16.7. The molecule has 1 saturated heterocycles. The van der Waals surface area contributed by atoms with E-state index in [0.717, 1.165) is 24.1 Å². The molecule has 0 spiro atoms. The van der Waals surface area contributed by atoms with Gasteiger partial charge in [-0.2, -0.15) is 5.10 Å². The van der Waals surface area contributed by atoms with Gasteiger partial charge in [-0.15, -0.1) is 0 Å². The number of hydroxylamine groups is 2. The average molecular weight is 344 g/mol. The zero-order chi connectivity index (χ0) is 17.4. The minimum absolute atomic E-state index is 0.168. The maximum absolute atomic E-state index is 12.9. The molecule has 0 unspecified atom stereocenters. The summed E-state index contributed by atoms with van der Waals surface area (Å²) in [6.07, 6.45) is 5.02. The molecule has 0 aliphatic carbocycles. The van der Waals surface area contributed by atoms with Crippen molar-refractivity contribution in [1.82, 2.24) is 19.7 Å². The molecule has 2 amide bonds. The first-order chi connectivity index (χ1) is 12.1. The number of carbonyl (C=O) groups excluding carboxylic acids is 2. The van der Waals surface area contributed by atoms with Crippen molar-refractivity contribution in [2.24, 2.45) is 0 Å². The normalized spacial score (nSPS) is 20.4. The van der Waals surface area contributed by atoms with E-state index in [0.29, 0.717) is 25.5 Å². The Balaban J connectivity index is 1.60. The van der Waals surface area contributed by atoms with Gasteiger partial charge in [0.1, 0.15) is 0 Å². The summed E-state index contributed by atoms with van der Waals surface area (Å²) in [4.78, 5) is 32.8. The number of rotatable bonds is 2. The summed E-state index contributed by atoms with van der Waals surface area (Å²) in [5.41, 5.74) is 1.60. The van der Waals surface area contributed by atoms with Gasteiger partial charge in [-0.3, -0.25) is 19.1 Å². The molecule has 2 aliphatic rings. The number of aromatic nitrogens is 2. The fraction of sp³-hybridized carbons (Fsp3) is 0.471. The Hall–Kier alpha value is -2.61. The molecule has 2 aliphatic heterocycles. The summed E-state index contributed by atoms with van der Waals surface area (Å²) >= 11 is 0. The lowest BCUT2D eigenvalue weighted by Crippen LogP contribution is -2.49. The topological polar surface area (TPSA) is 80.8 Å². The van der Waals surface area contributed by atoms with Crippen molar-refractivity contribution in [2.45, 2.75) is 32.4 Å². The largest absolute Gasteiger partial charge is 0.459 e. The number of fused-ring (bicyclic) bond motifs is 1. The molecular weight excluding hydrogens is 324 g/mol. The van der Waals surface area contributed by atoms with Gasteiger partial charge in [0.15, 0.2) is 11.8 Å². The molecule has 0 saturated carbocycles. The van der Waals surface area contributed by atoms with E-state index in [1.165, 1.54) is 11.3 Å². The summed E-state index contributed by atoms with van der Waals surface area (Å²) in [5.74, 6) is -0.0704. The van der Waals surface area contributed by atoms with Crippen LogP contribution in [0.25, 0.3) is 0 Å². The third-order valence-electron chi connectivity index (χ3n) is 4.67. The summed E-state index contributed by atoms with van der Waals surface area (Å²) in [7, 11) is 0. The third kappa shape index (κ3) is 2.82. The molecule has 2 aromatic rings. The number of amides is 2. The van der Waals surface area contributed by atoms with Crippen molar-refractivity contribution < 1.29 is 18.8 Å². The van der Waals surface area contributed by atoms with E-state index in [9.17, 15) is 9.59 Å². The first kappa shape index (κ1) is 15.9. The van der Waals surface area contributed by atoms with Crippen LogP contribution in [0.1, 0.15) is 40.7 Å². The van der Waals surface area contributed by atoms with Crippen LogP contribution in [-0.2, 0) is 16.2 Å². The molecule has 0 aromatic carbocycles. The van der Waals surface area contributed by atoms with Crippen molar-refractivity contribution in [1.29, 1.82) is 0 Å². The highest BCUT2D eigenvalue weighted by Gasteiger charge is 2.37. The predicted octanol–water partition coefficient (Wildman–Crippen LogP) is 1.54. The molecule has 4 heterocycles. The molecule has 25 heavy (non-hydrogen) atoms. The Labute approximate surface area is 144 Å². The van der Waals surface area contributed by atoms with Crippen molar-refractivity contribution in [3.63, 3.8) is 0 Å². The van der Waals surface area contributed by atoms with Gasteiger partial charge in [0.05, 0.1) is 31.7 Å². The number of hydrogen-bond donors (Lipinski definition) is 0. The molecule has 2 aromatic heterocycles. The Morgan fingerprint density at radius 3 is 2.88 bits per heavy atom. The van der Waals surface area contributed by atoms with Crippen molar-refractivity contribution in [3.8, 4) is 0 Å². The van der Waals surface area contributed by atoms with E-state index in [2.05, 4.69) is 5.10 Å². The molecule has 0 N–H and O–H groups in total. The average Bonchev–Trinajstić information content (AvgIpc) is 3.29. The smallest absolute Gasteiger partial charge is 0.290 e. The highest BCUT2D eigenvalue weighted by Crippen LogP contribution is 2.25. The van der Waals surface area contributed by atoms with Crippen LogP contribution in [0, 0.1) is 6.92 Å². The first-order valence-corrected chi connectivity index (χ1v) is 8.45. The molecule has 0 radical (unpaired) electrons. The molecule has 8 heteroatoms. The second kappa shape index (κ2) is 6.36. The predicted molar refractivity (Wildman–Crippen MR) is 86.3 cm³/mol. The Kier molecular flexibility index (Phi) is 4.04. The minimum Gasteiger partial charge on any atom is -0.459 e. The SMILES string of the molecule is Cc1ccoc1C(=O)N1Cc2ccnn2[C@@H](C(=O)N2CCCCO2)C1. The van der Waals surface area contributed by atoms with Crippen LogP contribution in [0.15, 0.2) is 29.0 Å². The van der Waals surface area contributed by atoms with E-state index in [4.69, 9.17) is 9.25 Å². The maximum atomic E-state index is 12.9. The van der Waals surface area contributed by atoms with Crippen LogP contribution in [0.2, 0.25) is 0 Å². The number of hydrogen-bond acceptors (Lipinski definition) is 5. The van der Waals surface area contributed by atoms with Crippen LogP contribution in [-0.4, -0.2) is 51.3 Å². The van der Waals surface area contributed by atoms with Crippen molar-refractivity contribution >= 4 is 11.8 Å². The summed E-state index contributed by atoms with van der Waals surface area (Å²) in [5, 5.41) is 5.69. The molecule has 0 bridgehead atoms. The quantitative estimate of drug-likeness (QED) is 0.825. The maximum Gasteiger partial charge on any atom is 0.290 e. The van der Waals surface area contributed by atoms with Gasteiger partial charge in [-0.25, -0.2) is 5.06 Å². The van der Waals surface area contributed by atoms with Crippen LogP contribution >= 0.6 is 0 Å². The van der Waals surface area contributed by atoms with Gasteiger partial charge in [0.25, 0.3) is 11.8 Å². The van der Waals surface area contributed by atoms with Crippen molar-refractivity contribution in [3.05, 3.63) is 41.6 Å². The van der Waals surface area contributed by atoms with Crippen LogP contribution in [0.4, 0.5) is 0 Å². The third-order valence-corrected chi connectivity index (χ3v) is 4.67. The lowest BCUT2D eigenvalue weighted by atomic mass is 10.1. The Morgan fingerprint density at radius 2 is 2.16 bits per heavy atom. The zero-order valence-electron chi connectivity index (χ0n) is 14.1. The summed E-state index contributed by atoms with van der Waals surface area (Å²) in [6.45, 7) is 3.57. The van der Waals surface area contributed by atoms with Crippen molar-refractivity contribution in [2.75, 3.05) is 19.7 Å². The number of aryl methyl sites for hydroxylation is 1. The van der Waals surface area contributed by atoms with E-state index in [1.54, 1.807) is 21.8 Å². The number of furan rings is 1. The lowest BCUT2D eigenvalue weighted by Gasteiger charge is -2.36. The van der Waals surface area contributed by atoms with E-state index in [1.807, 2.05) is 13.0 Å². The monoisotopic (exact) mass is 344 g/mol. The second-order valence-corrected chi connectivity index (χ2v) is 6.38. The van der Waals surface area contributed by atoms with Gasteiger partial charge in [0, 0.05) is 18.3 Å². The van der Waals surface area contributed by atoms with Gasteiger partial charge in [0.2, 0.25) is 0 Å². The number of carbonyl (C=O) groups is 2.